The molecule has 0 spiro atoms. The number of benzene rings is 1. The highest BCUT2D eigenvalue weighted by Gasteiger charge is 2.57. The first-order valence-electron chi connectivity index (χ1n) is 10.9. The first kappa shape index (κ1) is 24.5. The topological polar surface area (TPSA) is 129 Å². The number of hydrogen-bond donors (Lipinski definition) is 5. The van der Waals surface area contributed by atoms with Gasteiger partial charge in [-0.3, -0.25) is 0 Å². The second-order valence-corrected chi connectivity index (χ2v) is 8.31. The molecule has 0 saturated carbocycles. The Labute approximate surface area is 188 Å². The molecule has 176 valence electrons. The van der Waals surface area contributed by atoms with Crippen molar-refractivity contribution in [1.82, 2.24) is 0 Å². The zero-order valence-electron chi connectivity index (χ0n) is 18.0. The van der Waals surface area contributed by atoms with Crippen LogP contribution in [0.15, 0.2) is 36.9 Å². The summed E-state index contributed by atoms with van der Waals surface area (Å²) in [7, 11) is 0. The molecule has 0 aromatic heterocycles. The zero-order valence-corrected chi connectivity index (χ0v) is 18.0. The fourth-order valence-corrected chi connectivity index (χ4v) is 4.01. The molecule has 3 heterocycles. The van der Waals surface area contributed by atoms with Gasteiger partial charge in [-0.25, -0.2) is 0 Å². The van der Waals surface area contributed by atoms with Crippen LogP contribution in [-0.2, 0) is 15.9 Å². The van der Waals surface area contributed by atoms with Crippen molar-refractivity contribution in [3.05, 3.63) is 42.5 Å². The van der Waals surface area contributed by atoms with E-state index in [1.54, 1.807) is 18.2 Å². The minimum atomic E-state index is -1.98. The lowest BCUT2D eigenvalue weighted by Gasteiger charge is -2.49. The Kier molecular flexibility index (Phi) is 8.54. The molecule has 0 amide bonds. The van der Waals surface area contributed by atoms with Crippen LogP contribution < -0.4 is 4.74 Å². The predicted octanol–water partition coefficient (Wildman–Crippen LogP) is 0.635. The summed E-state index contributed by atoms with van der Waals surface area (Å²) in [5.41, 5.74) is -0.952. The summed E-state index contributed by atoms with van der Waals surface area (Å²) in [4.78, 5) is 0. The van der Waals surface area contributed by atoms with Gasteiger partial charge in [-0.2, -0.15) is 0 Å². The minimum Gasteiger partial charge on any atom is -0.462 e. The number of aliphatic hydroxyl groups is 5. The molecule has 1 fully saturated rings. The van der Waals surface area contributed by atoms with E-state index in [-0.39, 0.29) is 25.9 Å². The van der Waals surface area contributed by atoms with E-state index in [0.717, 1.165) is 5.56 Å². The van der Waals surface area contributed by atoms with E-state index in [2.05, 4.69) is 18.6 Å². The van der Waals surface area contributed by atoms with Crippen LogP contribution in [0.2, 0.25) is 0 Å². The Balaban J connectivity index is 1.92. The van der Waals surface area contributed by atoms with Crippen LogP contribution in [-0.4, -0.2) is 74.6 Å². The molecule has 1 aromatic carbocycles. The maximum atomic E-state index is 11.4. The first-order valence-corrected chi connectivity index (χ1v) is 10.9. The summed E-state index contributed by atoms with van der Waals surface area (Å²) >= 11 is 0. The van der Waals surface area contributed by atoms with Crippen molar-refractivity contribution in [1.29, 1.82) is 0 Å². The van der Waals surface area contributed by atoms with E-state index in [1.807, 2.05) is 12.1 Å². The van der Waals surface area contributed by atoms with E-state index < -0.39 is 42.4 Å². The van der Waals surface area contributed by atoms with Gasteiger partial charge in [0, 0.05) is 13.0 Å². The molecule has 7 atom stereocenters. The summed E-state index contributed by atoms with van der Waals surface area (Å²) in [6.45, 7) is 3.61. The molecule has 1 aromatic rings. The van der Waals surface area contributed by atoms with Crippen LogP contribution >= 0.6 is 0 Å². The van der Waals surface area contributed by atoms with Gasteiger partial charge < -0.3 is 39.7 Å². The summed E-state index contributed by atoms with van der Waals surface area (Å²) < 4.78 is 17.5. The van der Waals surface area contributed by atoms with Crippen molar-refractivity contribution < 1.29 is 39.7 Å². The van der Waals surface area contributed by atoms with Gasteiger partial charge in [-0.05, 0) is 49.8 Å². The third-order valence-electron chi connectivity index (χ3n) is 5.92. The average Bonchev–Trinajstić information content (AvgIpc) is 2.79. The van der Waals surface area contributed by atoms with Crippen LogP contribution in [0.1, 0.15) is 37.7 Å². The summed E-state index contributed by atoms with van der Waals surface area (Å²) in [6.07, 6.45) is -1.35. The largest absolute Gasteiger partial charge is 0.462 e. The molecule has 0 unspecified atom stereocenters. The summed E-state index contributed by atoms with van der Waals surface area (Å²) in [6, 6.07) is 7.15. The summed E-state index contributed by atoms with van der Waals surface area (Å²) in [5, 5.41) is 52.5. The lowest BCUT2D eigenvalue weighted by molar-refractivity contribution is -0.331. The van der Waals surface area contributed by atoms with Gasteiger partial charge in [0.1, 0.15) is 36.3 Å². The zero-order chi connectivity index (χ0) is 23.1. The van der Waals surface area contributed by atoms with Gasteiger partial charge in [0.25, 0.3) is 0 Å². The number of hydrogen-bond acceptors (Lipinski definition) is 8. The second kappa shape index (κ2) is 11.1. The third kappa shape index (κ3) is 5.62. The maximum Gasteiger partial charge on any atom is 0.232 e. The molecule has 0 radical (unpaired) electrons. The van der Waals surface area contributed by atoms with Gasteiger partial charge in [-0.15, -0.1) is 6.58 Å². The number of allylic oxidation sites excluding steroid dienone is 1. The smallest absolute Gasteiger partial charge is 0.232 e. The molecular weight excluding hydrogens is 416 g/mol. The minimum absolute atomic E-state index is 0.0812. The normalized spacial score (nSPS) is 34.9. The highest BCUT2D eigenvalue weighted by molar-refractivity contribution is 5.28. The quantitative estimate of drug-likeness (QED) is 0.304. The predicted molar refractivity (Wildman–Crippen MR) is 115 cm³/mol. The molecule has 2 bridgehead atoms. The Morgan fingerprint density at radius 3 is 2.66 bits per heavy atom. The Hall–Kier alpha value is -2.12. The van der Waals surface area contributed by atoms with E-state index in [4.69, 9.17) is 14.2 Å². The summed E-state index contributed by atoms with van der Waals surface area (Å²) in [5.74, 6) is 3.13. The highest BCUT2D eigenvalue weighted by atomic mass is 16.7. The number of aliphatic hydroxyl groups excluding tert-OH is 4. The van der Waals surface area contributed by atoms with Crippen LogP contribution in [0.3, 0.4) is 0 Å². The van der Waals surface area contributed by atoms with Crippen LogP contribution in [0.5, 0.6) is 5.75 Å². The van der Waals surface area contributed by atoms with Crippen molar-refractivity contribution in [2.75, 3.05) is 6.61 Å². The Morgan fingerprint density at radius 2 is 1.97 bits per heavy atom. The van der Waals surface area contributed by atoms with Crippen molar-refractivity contribution in [3.8, 4) is 17.8 Å². The molecule has 3 aliphatic rings. The molecule has 4 rings (SSSR count). The van der Waals surface area contributed by atoms with Crippen molar-refractivity contribution in [3.63, 3.8) is 0 Å². The standard InChI is InChI=1S/C24H32O8/c1-2-5-16-8-10-18(11-9-16)31-23-24(29)13-12-17(26)6-4-15-30-19(7-3-14-25)21(32-23)20(27)22(24)28/h2,8-11,17,19-23,25-29H,1,3,5-7,12-14H2/t17-,19+,20-,21-,22+,23+,24-/m1/s1. The van der Waals surface area contributed by atoms with Gasteiger partial charge in [0.15, 0.2) is 5.60 Å². The molecule has 32 heavy (non-hydrogen) atoms. The molecule has 5 N–H and O–H groups in total. The monoisotopic (exact) mass is 448 g/mol. The fourth-order valence-electron chi connectivity index (χ4n) is 4.01. The van der Waals surface area contributed by atoms with Crippen molar-refractivity contribution in [2.45, 2.75) is 80.9 Å². The molecular formula is C24H32O8. The lowest BCUT2D eigenvalue weighted by atomic mass is 9.80. The number of rotatable bonds is 7. The Morgan fingerprint density at radius 1 is 1.22 bits per heavy atom. The molecule has 0 aliphatic carbocycles. The van der Waals surface area contributed by atoms with Crippen molar-refractivity contribution >= 4 is 0 Å². The number of fused-ring (bicyclic) bond motifs is 8. The van der Waals surface area contributed by atoms with Crippen LogP contribution in [0, 0.1) is 12.0 Å². The molecule has 8 nitrogen and oxygen atoms in total. The lowest BCUT2D eigenvalue weighted by Crippen LogP contribution is -2.69. The van der Waals surface area contributed by atoms with Gasteiger partial charge >= 0.3 is 0 Å². The molecule has 8 heteroatoms. The van der Waals surface area contributed by atoms with Crippen molar-refractivity contribution in [2.24, 2.45) is 0 Å². The second-order valence-electron chi connectivity index (χ2n) is 8.31. The fraction of sp³-hybridized carbons (Fsp3) is 0.583. The Bertz CT molecular complexity index is 800. The first-order chi connectivity index (χ1) is 15.4. The maximum absolute atomic E-state index is 11.4. The molecule has 1 saturated heterocycles. The third-order valence-corrected chi connectivity index (χ3v) is 5.92. The van der Waals surface area contributed by atoms with Crippen LogP contribution in [0.25, 0.3) is 0 Å². The van der Waals surface area contributed by atoms with Gasteiger partial charge in [0.2, 0.25) is 6.29 Å². The van der Waals surface area contributed by atoms with Gasteiger partial charge in [-0.1, -0.05) is 24.1 Å². The SMILES string of the molecule is C=CCc1ccc(O[C@H]2O[C@H]3[C@@H](O)[C@H](O)[C@]2(O)CC[C@H](O)CC#CO[C@H]3CCCO)cc1. The van der Waals surface area contributed by atoms with Gasteiger partial charge in [0.05, 0.1) is 6.10 Å². The van der Waals surface area contributed by atoms with Crippen LogP contribution in [0.4, 0.5) is 0 Å². The van der Waals surface area contributed by atoms with E-state index in [1.165, 1.54) is 0 Å². The van der Waals surface area contributed by atoms with E-state index >= 15 is 0 Å². The molecule has 3 aliphatic heterocycles. The average molecular weight is 449 g/mol. The number of ether oxygens (including phenoxy) is 3. The van der Waals surface area contributed by atoms with E-state index in [0.29, 0.717) is 25.0 Å². The van der Waals surface area contributed by atoms with E-state index in [9.17, 15) is 25.5 Å². The highest BCUT2D eigenvalue weighted by Crippen LogP contribution is 2.38.